The van der Waals surface area contributed by atoms with E-state index in [-0.39, 0.29) is 11.6 Å². The smallest absolute Gasteiger partial charge is 0.272 e. The highest BCUT2D eigenvalue weighted by molar-refractivity contribution is 8.00. The average molecular weight is 675 g/mol. The van der Waals surface area contributed by atoms with Crippen molar-refractivity contribution in [2.45, 2.75) is 10.1 Å². The summed E-state index contributed by atoms with van der Waals surface area (Å²) in [4.78, 5) is 45.5. The summed E-state index contributed by atoms with van der Waals surface area (Å²) in [5, 5.41) is 7.90. The van der Waals surface area contributed by atoms with E-state index < -0.39 is 17.1 Å². The fourth-order valence-corrected chi connectivity index (χ4v) is 5.89. The van der Waals surface area contributed by atoms with Crippen LogP contribution in [0, 0.1) is 0 Å². The van der Waals surface area contributed by atoms with Gasteiger partial charge in [0.15, 0.2) is 11.5 Å². The van der Waals surface area contributed by atoms with Crippen molar-refractivity contribution in [1.82, 2.24) is 10.3 Å². The van der Waals surface area contributed by atoms with E-state index in [0.29, 0.717) is 39.9 Å². The molecule has 3 amide bonds. The van der Waals surface area contributed by atoms with Crippen molar-refractivity contribution in [3.63, 3.8) is 0 Å². The van der Waals surface area contributed by atoms with Crippen LogP contribution in [0.1, 0.15) is 26.7 Å². The van der Waals surface area contributed by atoms with E-state index in [9.17, 15) is 14.4 Å². The minimum absolute atomic E-state index is 0.0296. The molecule has 10 nitrogen and oxygen atoms in total. The summed E-state index contributed by atoms with van der Waals surface area (Å²) < 4.78 is 16.4. The summed E-state index contributed by atoms with van der Waals surface area (Å²) in [7, 11) is 4.48. The number of methoxy groups -OCH3 is 3. The summed E-state index contributed by atoms with van der Waals surface area (Å²) in [6.45, 7) is 0. The minimum Gasteiger partial charge on any atom is -0.493 e. The number of rotatable bonds is 13. The Kier molecular flexibility index (Phi) is 11.7. The van der Waals surface area contributed by atoms with Gasteiger partial charge < -0.3 is 30.2 Å². The van der Waals surface area contributed by atoms with Crippen LogP contribution in [0.15, 0.2) is 132 Å². The molecule has 5 aromatic rings. The van der Waals surface area contributed by atoms with E-state index in [1.807, 2.05) is 36.4 Å². The van der Waals surface area contributed by atoms with Gasteiger partial charge in [-0.3, -0.25) is 14.4 Å². The van der Waals surface area contributed by atoms with Crippen molar-refractivity contribution >= 4 is 47.1 Å². The molecule has 4 aromatic carbocycles. The van der Waals surface area contributed by atoms with Crippen molar-refractivity contribution in [1.29, 1.82) is 0 Å². The molecule has 1 aromatic heterocycles. The second-order valence-electron chi connectivity index (χ2n) is 10.4. The van der Waals surface area contributed by atoms with Gasteiger partial charge in [-0.05, 0) is 71.8 Å². The number of ether oxygens (including phenoxy) is 3. The molecular formula is C38H34N4O6S. The number of thioether (sulfide) groups is 1. The molecule has 1 unspecified atom stereocenters. The predicted octanol–water partition coefficient (Wildman–Crippen LogP) is 6.99. The van der Waals surface area contributed by atoms with Crippen LogP contribution in [0.3, 0.4) is 0 Å². The Morgan fingerprint density at radius 2 is 1.41 bits per heavy atom. The van der Waals surface area contributed by atoms with Gasteiger partial charge >= 0.3 is 0 Å². The maximum atomic E-state index is 13.8. The van der Waals surface area contributed by atoms with Crippen LogP contribution in [0.5, 0.6) is 17.2 Å². The van der Waals surface area contributed by atoms with Gasteiger partial charge in [-0.1, -0.05) is 60.7 Å². The second kappa shape index (κ2) is 16.7. The third-order valence-electron chi connectivity index (χ3n) is 7.13. The van der Waals surface area contributed by atoms with Crippen molar-refractivity contribution in [3.05, 3.63) is 144 Å². The van der Waals surface area contributed by atoms with Crippen molar-refractivity contribution in [3.8, 4) is 17.2 Å². The highest BCUT2D eigenvalue weighted by atomic mass is 32.2. The van der Waals surface area contributed by atoms with Crippen molar-refractivity contribution in [2.75, 3.05) is 32.0 Å². The topological polar surface area (TPSA) is 128 Å². The number of carbonyl (C=O) groups is 3. The third-order valence-corrected chi connectivity index (χ3v) is 8.38. The first-order valence-electron chi connectivity index (χ1n) is 15.1. The summed E-state index contributed by atoms with van der Waals surface area (Å²) >= 11 is 1.33. The number of hydrogen-bond acceptors (Lipinski definition) is 8. The van der Waals surface area contributed by atoms with E-state index in [4.69, 9.17) is 14.2 Å². The largest absolute Gasteiger partial charge is 0.493 e. The number of hydrogen-bond donors (Lipinski definition) is 3. The Morgan fingerprint density at radius 3 is 2.04 bits per heavy atom. The van der Waals surface area contributed by atoms with Crippen LogP contribution < -0.4 is 30.2 Å². The first-order valence-corrected chi connectivity index (χ1v) is 16.0. The van der Waals surface area contributed by atoms with Gasteiger partial charge in [0.25, 0.3) is 11.8 Å². The summed E-state index contributed by atoms with van der Waals surface area (Å²) in [5.41, 5.74) is 2.12. The number of amides is 3. The molecule has 1 atom stereocenters. The van der Waals surface area contributed by atoms with Gasteiger partial charge in [0, 0.05) is 22.3 Å². The molecule has 0 radical (unpaired) electrons. The van der Waals surface area contributed by atoms with Crippen LogP contribution >= 0.6 is 11.8 Å². The zero-order valence-corrected chi connectivity index (χ0v) is 27.8. The SMILES string of the molecule is COc1cc(/C=C(/NC(=O)c2ccccc2)C(=O)Nc2cccc(SC(C(=O)Nc3ccccn3)c3ccccc3)c2)cc(OC)c1OC. The third kappa shape index (κ3) is 9.05. The first kappa shape index (κ1) is 34.3. The standard InChI is InChI=1S/C38H34N4O6S/c1-46-31-22-25(23-32(47-2)34(31)48-3)21-30(41-36(43)27-15-8-5-9-16-27)37(44)40-28-17-12-18-29(24-28)49-35(26-13-6-4-7-14-26)38(45)42-33-19-10-11-20-39-33/h4-24,35H,1-3H3,(H,40,44)(H,41,43)(H,39,42,45)/b30-21+. The number of carbonyl (C=O) groups excluding carboxylic acids is 3. The normalized spacial score (nSPS) is 11.5. The van der Waals surface area contributed by atoms with E-state index in [2.05, 4.69) is 20.9 Å². The molecule has 49 heavy (non-hydrogen) atoms. The van der Waals surface area contributed by atoms with Crippen LogP contribution in [-0.4, -0.2) is 44.0 Å². The average Bonchev–Trinajstić information content (AvgIpc) is 3.14. The van der Waals surface area contributed by atoms with Gasteiger partial charge in [-0.15, -0.1) is 11.8 Å². The number of aromatic nitrogens is 1. The van der Waals surface area contributed by atoms with Crippen LogP contribution in [0.2, 0.25) is 0 Å². The summed E-state index contributed by atoms with van der Waals surface area (Å²) in [6.07, 6.45) is 3.13. The lowest BCUT2D eigenvalue weighted by molar-refractivity contribution is -0.116. The Labute approximate surface area is 288 Å². The molecule has 0 spiro atoms. The van der Waals surface area contributed by atoms with Crippen LogP contribution in [0.25, 0.3) is 6.08 Å². The molecule has 0 saturated carbocycles. The fourth-order valence-electron chi connectivity index (χ4n) is 4.80. The minimum atomic E-state index is -0.616. The number of pyridine rings is 1. The lowest BCUT2D eigenvalue weighted by Gasteiger charge is -2.17. The molecule has 5 rings (SSSR count). The summed E-state index contributed by atoms with van der Waals surface area (Å²) in [6, 6.07) is 33.7. The highest BCUT2D eigenvalue weighted by Gasteiger charge is 2.23. The Bertz CT molecular complexity index is 1910. The van der Waals surface area contributed by atoms with Gasteiger partial charge in [0.05, 0.1) is 21.3 Å². The van der Waals surface area contributed by atoms with E-state index >= 15 is 0 Å². The van der Waals surface area contributed by atoms with E-state index in [1.165, 1.54) is 39.2 Å². The first-order chi connectivity index (χ1) is 23.9. The quantitative estimate of drug-likeness (QED) is 0.0901. The predicted molar refractivity (Wildman–Crippen MR) is 191 cm³/mol. The van der Waals surface area contributed by atoms with Crippen molar-refractivity contribution in [2.24, 2.45) is 0 Å². The number of nitrogens with one attached hydrogen (secondary N) is 3. The van der Waals surface area contributed by atoms with Crippen LogP contribution in [-0.2, 0) is 9.59 Å². The Morgan fingerprint density at radius 1 is 0.735 bits per heavy atom. The van der Waals surface area contributed by atoms with Gasteiger partial charge in [0.1, 0.15) is 16.8 Å². The van der Waals surface area contributed by atoms with Crippen molar-refractivity contribution < 1.29 is 28.6 Å². The zero-order chi connectivity index (χ0) is 34.6. The lowest BCUT2D eigenvalue weighted by Crippen LogP contribution is -2.30. The molecular weight excluding hydrogens is 641 g/mol. The number of anilines is 2. The molecule has 0 aliphatic carbocycles. The molecule has 248 valence electrons. The summed E-state index contributed by atoms with van der Waals surface area (Å²) in [5.74, 6) is 0.302. The number of benzene rings is 4. The molecule has 0 bridgehead atoms. The highest BCUT2D eigenvalue weighted by Crippen LogP contribution is 2.39. The lowest BCUT2D eigenvalue weighted by atomic mass is 10.1. The molecule has 0 aliphatic heterocycles. The van der Waals surface area contributed by atoms with Gasteiger partial charge in [-0.2, -0.15) is 0 Å². The number of nitrogens with zero attached hydrogens (tertiary/aromatic N) is 1. The van der Waals surface area contributed by atoms with Gasteiger partial charge in [-0.25, -0.2) is 4.98 Å². The van der Waals surface area contributed by atoms with E-state index in [0.717, 1.165) is 10.5 Å². The van der Waals surface area contributed by atoms with Gasteiger partial charge in [0.2, 0.25) is 11.7 Å². The maximum absolute atomic E-state index is 13.8. The molecule has 11 heteroatoms. The monoisotopic (exact) mass is 674 g/mol. The zero-order valence-electron chi connectivity index (χ0n) is 27.0. The van der Waals surface area contributed by atoms with E-state index in [1.54, 1.807) is 85.1 Å². The molecule has 0 fully saturated rings. The maximum Gasteiger partial charge on any atom is 0.272 e. The Balaban J connectivity index is 1.43. The van der Waals surface area contributed by atoms with Crippen LogP contribution in [0.4, 0.5) is 11.5 Å². The fraction of sp³-hybridized carbons (Fsp3) is 0.105. The second-order valence-corrected chi connectivity index (χ2v) is 11.6. The molecule has 3 N–H and O–H groups in total. The molecule has 0 saturated heterocycles. The molecule has 0 aliphatic rings. The molecule has 1 heterocycles. The Hall–Kier alpha value is -6.07.